The van der Waals surface area contributed by atoms with E-state index >= 15 is 0 Å². The van der Waals surface area contributed by atoms with E-state index in [1.165, 1.54) is 0 Å². The van der Waals surface area contributed by atoms with Gasteiger partial charge in [0.1, 0.15) is 0 Å². The Kier molecular flexibility index (Phi) is 5.12. The molecule has 0 spiro atoms. The van der Waals surface area contributed by atoms with Crippen molar-refractivity contribution >= 4 is 20.1 Å². The van der Waals surface area contributed by atoms with Crippen LogP contribution in [0.3, 0.4) is 0 Å². The largest absolute Gasteiger partial charge is 0.319 e. The smallest absolute Gasteiger partial charge is 0.228 e. The van der Waals surface area contributed by atoms with Crippen LogP contribution in [-0.2, 0) is 4.53 Å². The summed E-state index contributed by atoms with van der Waals surface area (Å²) in [6.07, 6.45) is 1.87. The molecule has 0 saturated heterocycles. The highest BCUT2D eigenvalue weighted by Gasteiger charge is 2.41. The molecular formula is C18H31NOSi. The minimum Gasteiger partial charge on any atom is -0.319 e. The molecule has 0 bridgehead atoms. The van der Waals surface area contributed by atoms with Gasteiger partial charge < -0.3 is 4.53 Å². The van der Waals surface area contributed by atoms with Crippen LogP contribution >= 0.6 is 0 Å². The second-order valence-electron chi connectivity index (χ2n) is 8.12. The fourth-order valence-corrected chi connectivity index (χ4v) is 2.83. The van der Waals surface area contributed by atoms with Gasteiger partial charge in [0.25, 0.3) is 0 Å². The number of hydroxylamine groups is 1. The maximum atomic E-state index is 6.59. The van der Waals surface area contributed by atoms with Crippen molar-refractivity contribution in [2.75, 3.05) is 5.06 Å². The summed E-state index contributed by atoms with van der Waals surface area (Å²) in [6, 6.07) is 8.35. The van der Waals surface area contributed by atoms with Gasteiger partial charge in [0.05, 0.1) is 11.2 Å². The molecule has 0 N–H and O–H groups in total. The first-order valence-electron chi connectivity index (χ1n) is 7.60. The quantitative estimate of drug-likeness (QED) is 0.509. The normalized spacial score (nSPS) is 13.1. The lowest BCUT2D eigenvalue weighted by atomic mass is 10.1. The summed E-state index contributed by atoms with van der Waals surface area (Å²) in [7, 11) is -1.89. The van der Waals surface area contributed by atoms with Gasteiger partial charge >= 0.3 is 0 Å². The van der Waals surface area contributed by atoms with Gasteiger partial charge in [-0.2, -0.15) is 0 Å². The minimum absolute atomic E-state index is 0.102. The Labute approximate surface area is 131 Å². The average Bonchev–Trinajstić information content (AvgIpc) is 2.33. The van der Waals surface area contributed by atoms with Crippen molar-refractivity contribution in [1.82, 2.24) is 0 Å². The molecule has 0 aliphatic rings. The number of hydrogen-bond acceptors (Lipinski definition) is 2. The second kappa shape index (κ2) is 5.97. The van der Waals surface area contributed by atoms with Crippen molar-refractivity contribution in [1.29, 1.82) is 0 Å². The van der Waals surface area contributed by atoms with Crippen LogP contribution in [0.25, 0.3) is 6.08 Å². The van der Waals surface area contributed by atoms with E-state index in [1.54, 1.807) is 0 Å². The van der Waals surface area contributed by atoms with E-state index in [0.717, 1.165) is 11.3 Å². The van der Waals surface area contributed by atoms with Gasteiger partial charge in [0.15, 0.2) is 0 Å². The zero-order valence-corrected chi connectivity index (χ0v) is 15.9. The molecule has 0 amide bonds. The van der Waals surface area contributed by atoms with Crippen LogP contribution in [0.5, 0.6) is 0 Å². The fourth-order valence-electron chi connectivity index (χ4n) is 1.72. The molecule has 1 aromatic rings. The molecule has 21 heavy (non-hydrogen) atoms. The van der Waals surface area contributed by atoms with Crippen LogP contribution in [0.15, 0.2) is 30.8 Å². The zero-order chi connectivity index (χ0) is 16.5. The van der Waals surface area contributed by atoms with Crippen LogP contribution < -0.4 is 5.06 Å². The van der Waals surface area contributed by atoms with Gasteiger partial charge in [0, 0.05) is 0 Å². The molecule has 118 valence electrons. The molecule has 0 heterocycles. The van der Waals surface area contributed by atoms with E-state index in [-0.39, 0.29) is 10.6 Å². The number of hydrogen-bond donors (Lipinski definition) is 0. The Morgan fingerprint density at radius 3 is 2.10 bits per heavy atom. The Morgan fingerprint density at radius 2 is 1.67 bits per heavy atom. The lowest BCUT2D eigenvalue weighted by molar-refractivity contribution is 0.185. The predicted octanol–water partition coefficient (Wildman–Crippen LogP) is 5.87. The summed E-state index contributed by atoms with van der Waals surface area (Å²) in [5.74, 6) is 0. The van der Waals surface area contributed by atoms with Crippen LogP contribution in [-0.4, -0.2) is 13.9 Å². The van der Waals surface area contributed by atoms with Crippen LogP contribution in [0.4, 0.5) is 5.69 Å². The second-order valence-corrected chi connectivity index (χ2v) is 12.8. The van der Waals surface area contributed by atoms with Gasteiger partial charge in [-0.05, 0) is 56.6 Å². The molecule has 1 rings (SSSR count). The molecule has 2 nitrogen and oxygen atoms in total. The lowest BCUT2D eigenvalue weighted by Gasteiger charge is -2.45. The van der Waals surface area contributed by atoms with Crippen molar-refractivity contribution in [3.8, 4) is 0 Å². The summed E-state index contributed by atoms with van der Waals surface area (Å²) in [5, 5.41) is 2.25. The number of rotatable bonds is 4. The van der Waals surface area contributed by atoms with E-state index < -0.39 is 8.32 Å². The van der Waals surface area contributed by atoms with Gasteiger partial charge in [-0.1, -0.05) is 45.6 Å². The highest BCUT2D eigenvalue weighted by atomic mass is 28.4. The lowest BCUT2D eigenvalue weighted by Crippen LogP contribution is -2.52. The van der Waals surface area contributed by atoms with Gasteiger partial charge in [0.2, 0.25) is 8.32 Å². The molecule has 0 fully saturated rings. The summed E-state index contributed by atoms with van der Waals surface area (Å²) in [5.41, 5.74) is 2.10. The molecule has 3 heteroatoms. The van der Waals surface area contributed by atoms with Crippen molar-refractivity contribution < 1.29 is 4.53 Å². The molecule has 0 unspecified atom stereocenters. The van der Waals surface area contributed by atoms with E-state index in [1.807, 2.05) is 6.08 Å². The summed E-state index contributed by atoms with van der Waals surface area (Å²) in [6.45, 7) is 21.8. The first-order chi connectivity index (χ1) is 9.38. The predicted molar refractivity (Wildman–Crippen MR) is 97.0 cm³/mol. The first-order valence-corrected chi connectivity index (χ1v) is 10.5. The molecule has 1 aromatic carbocycles. The number of benzene rings is 1. The monoisotopic (exact) mass is 305 g/mol. The van der Waals surface area contributed by atoms with Crippen molar-refractivity contribution in [3.05, 3.63) is 36.4 Å². The standard InChI is InChI=1S/C18H31NOSi/c1-10-15-12-11-13-16(14-15)19(17(2,3)4)20-21(8,9)18(5,6)7/h10-14H,1H2,2-9H3. The molecule has 0 aliphatic heterocycles. The van der Waals surface area contributed by atoms with Crippen LogP contribution in [0.1, 0.15) is 47.1 Å². The highest BCUT2D eigenvalue weighted by Crippen LogP contribution is 2.39. The third-order valence-electron chi connectivity index (χ3n) is 4.08. The van der Waals surface area contributed by atoms with Crippen molar-refractivity contribution in [2.24, 2.45) is 0 Å². The van der Waals surface area contributed by atoms with Crippen LogP contribution in [0.2, 0.25) is 18.1 Å². The third kappa shape index (κ3) is 4.45. The van der Waals surface area contributed by atoms with Crippen LogP contribution in [0, 0.1) is 0 Å². The van der Waals surface area contributed by atoms with E-state index in [4.69, 9.17) is 4.53 Å². The third-order valence-corrected chi connectivity index (χ3v) is 8.33. The van der Waals surface area contributed by atoms with Gasteiger partial charge in [-0.3, -0.25) is 5.06 Å². The number of nitrogens with zero attached hydrogens (tertiary/aromatic N) is 1. The maximum Gasteiger partial charge on any atom is 0.228 e. The Hall–Kier alpha value is -1.06. The average molecular weight is 306 g/mol. The zero-order valence-electron chi connectivity index (χ0n) is 14.9. The van der Waals surface area contributed by atoms with Crippen molar-refractivity contribution in [2.45, 2.75) is 65.2 Å². The summed E-state index contributed by atoms with van der Waals surface area (Å²) in [4.78, 5) is 0. The van der Waals surface area contributed by atoms with E-state index in [0.29, 0.717) is 0 Å². The van der Waals surface area contributed by atoms with Crippen molar-refractivity contribution in [3.63, 3.8) is 0 Å². The summed E-state index contributed by atoms with van der Waals surface area (Å²) >= 11 is 0. The molecular weight excluding hydrogens is 274 g/mol. The fraction of sp³-hybridized carbons (Fsp3) is 0.556. The first kappa shape index (κ1) is 18.0. The minimum atomic E-state index is -1.89. The Balaban J connectivity index is 3.22. The maximum absolute atomic E-state index is 6.59. The van der Waals surface area contributed by atoms with Gasteiger partial charge in [-0.15, -0.1) is 0 Å². The Morgan fingerprint density at radius 1 is 1.10 bits per heavy atom. The van der Waals surface area contributed by atoms with E-state index in [9.17, 15) is 0 Å². The molecule has 0 aliphatic carbocycles. The molecule has 0 radical (unpaired) electrons. The topological polar surface area (TPSA) is 12.5 Å². The van der Waals surface area contributed by atoms with Gasteiger partial charge in [-0.25, -0.2) is 0 Å². The number of anilines is 1. The summed E-state index contributed by atoms with van der Waals surface area (Å²) < 4.78 is 6.59. The van der Waals surface area contributed by atoms with E-state index in [2.05, 4.69) is 90.5 Å². The molecule has 0 atom stereocenters. The highest BCUT2D eigenvalue weighted by molar-refractivity contribution is 6.74. The molecule has 0 aromatic heterocycles. The SMILES string of the molecule is C=Cc1cccc(N(O[Si](C)(C)C(C)(C)C)C(C)(C)C)c1. The Bertz CT molecular complexity index is 495. The molecule has 0 saturated carbocycles.